The van der Waals surface area contributed by atoms with Crippen LogP contribution in [0.5, 0.6) is 11.8 Å². The smallest absolute Gasteiger partial charge is 0.392 e. The van der Waals surface area contributed by atoms with Gasteiger partial charge in [-0.2, -0.15) is 33.6 Å². The highest BCUT2D eigenvalue weighted by Crippen LogP contribution is 2.44. The number of aliphatic hydroxyl groups excluding tert-OH is 2. The lowest BCUT2D eigenvalue weighted by molar-refractivity contribution is -0.178. The highest BCUT2D eigenvalue weighted by molar-refractivity contribution is 7.93. The van der Waals surface area contributed by atoms with Gasteiger partial charge in [0.1, 0.15) is 67.8 Å². The number of pyridine rings is 8. The normalized spacial score (nSPS) is 15.0. The zero-order valence-corrected chi connectivity index (χ0v) is 80.1. The molecule has 0 spiro atoms. The summed E-state index contributed by atoms with van der Waals surface area (Å²) in [7, 11) is -14.3. The molecule has 2 fully saturated rings. The Morgan fingerprint density at radius 3 is 1.12 bits per heavy atom. The lowest BCUT2D eigenvalue weighted by Crippen LogP contribution is -2.25. The Morgan fingerprint density at radius 2 is 0.755 bits per heavy atom. The van der Waals surface area contributed by atoms with E-state index in [2.05, 4.69) is 107 Å². The summed E-state index contributed by atoms with van der Waals surface area (Å²) in [6.45, 7) is 4.69. The lowest BCUT2D eigenvalue weighted by atomic mass is 9.87. The maximum Gasteiger partial charge on any atom is 0.392 e. The maximum atomic E-state index is 14.1. The molecule has 2 aliphatic rings. The van der Waals surface area contributed by atoms with Gasteiger partial charge in [0.05, 0.1) is 117 Å². The number of hydrogen-bond donors (Lipinski definition) is 7. The van der Waals surface area contributed by atoms with Crippen LogP contribution in [0.15, 0.2) is 252 Å². The number of halogens is 11. The molecule has 2 saturated carbocycles. The van der Waals surface area contributed by atoms with Crippen LogP contribution < -0.4 is 28.4 Å². The van der Waals surface area contributed by atoms with E-state index in [1.807, 2.05) is 12.1 Å². The predicted molar refractivity (Wildman–Crippen MR) is 516 cm³/mol. The second-order valence-corrected chi connectivity index (χ2v) is 40.2. The number of aliphatic hydroxyl groups is 3. The first-order valence-electron chi connectivity index (χ1n) is 43.0. The Labute approximate surface area is 822 Å². The molecule has 0 amide bonds. The monoisotopic (exact) mass is 2070 g/mol. The van der Waals surface area contributed by atoms with Crippen molar-refractivity contribution in [3.63, 3.8) is 0 Å². The summed E-state index contributed by atoms with van der Waals surface area (Å²) in [6.07, 6.45) is 18.3. The Kier molecular flexibility index (Phi) is 30.6. The summed E-state index contributed by atoms with van der Waals surface area (Å²) in [5, 5.41) is 46.4. The van der Waals surface area contributed by atoms with E-state index >= 15 is 0 Å². The largest absolute Gasteiger partial charge is 0.480 e. The van der Waals surface area contributed by atoms with Crippen LogP contribution in [0.2, 0.25) is 10.3 Å². The first kappa shape index (κ1) is 102. The fourth-order valence-electron chi connectivity index (χ4n) is 15.0. The third-order valence-electron chi connectivity index (χ3n) is 22.1. The second-order valence-electron chi connectivity index (χ2n) is 32.8. The number of fused-ring (bicyclic) bond motifs is 4. The number of aromatic nitrogens is 12. The first-order chi connectivity index (χ1) is 67.9. The molecule has 44 heteroatoms. The maximum absolute atomic E-state index is 14.1. The zero-order chi connectivity index (χ0) is 102. The molecule has 2 aliphatic carbocycles. The van der Waals surface area contributed by atoms with Gasteiger partial charge < -0.3 is 24.8 Å². The molecule has 29 nitrogen and oxygen atoms in total. The minimum Gasteiger partial charge on any atom is -0.480 e. The number of hydrogen-bond acceptors (Lipinski definition) is 21. The molecular weight excluding hydrogens is 1990 g/mol. The third-order valence-corrected chi connectivity index (χ3v) is 28.3. The Balaban J connectivity index is 0.000000144. The summed E-state index contributed by atoms with van der Waals surface area (Å²) in [5.41, 5.74) is 8.80. The number of ether oxygens (including phenoxy) is 2. The molecule has 5 unspecified atom stereocenters. The van der Waals surface area contributed by atoms with Crippen LogP contribution in [0.25, 0.3) is 66.6 Å². The highest BCUT2D eigenvalue weighted by Gasteiger charge is 2.46. The molecule has 12 heterocycles. The zero-order valence-electron chi connectivity index (χ0n) is 75.4. The molecule has 5 atom stereocenters. The molecule has 0 aliphatic heterocycles. The fourth-order valence-corrected chi connectivity index (χ4v) is 19.8. The van der Waals surface area contributed by atoms with Crippen molar-refractivity contribution in [3.05, 3.63) is 300 Å². The van der Waals surface area contributed by atoms with Crippen molar-refractivity contribution < 1.29 is 98.0 Å². The van der Waals surface area contributed by atoms with E-state index in [1.165, 1.54) is 69.3 Å². The fraction of sp³-hybridized carbons (Fsp3) is 0.192. The molecule has 16 aromatic rings. The number of sulfonamides is 4. The number of anilines is 4. The van der Waals surface area contributed by atoms with Gasteiger partial charge in [-0.1, -0.05) is 89.8 Å². The second kappa shape index (κ2) is 42.8. The Bertz CT molecular complexity index is 8360. The van der Waals surface area contributed by atoms with Crippen molar-refractivity contribution in [2.24, 2.45) is 17.8 Å². The van der Waals surface area contributed by atoms with Crippen LogP contribution in [0.4, 0.5) is 62.3 Å². The van der Waals surface area contributed by atoms with Crippen molar-refractivity contribution >= 4 is 108 Å². The van der Waals surface area contributed by atoms with E-state index in [0.717, 1.165) is 103 Å². The quantitative estimate of drug-likeness (QED) is 0.0238. The van der Waals surface area contributed by atoms with Crippen molar-refractivity contribution in [2.75, 3.05) is 33.1 Å². The molecule has 0 radical (unpaired) electrons. The van der Waals surface area contributed by atoms with Crippen LogP contribution in [0.3, 0.4) is 0 Å². The van der Waals surface area contributed by atoms with Crippen LogP contribution >= 0.6 is 23.2 Å². The van der Waals surface area contributed by atoms with Gasteiger partial charge in [-0.05, 0) is 214 Å². The third kappa shape index (κ3) is 24.7. The molecule has 734 valence electrons. The van der Waals surface area contributed by atoms with Crippen molar-refractivity contribution in [1.82, 2.24) is 58.4 Å². The average Bonchev–Trinajstić information content (AvgIpc) is 1.78. The molecule has 7 N–H and O–H groups in total. The predicted octanol–water partition coefficient (Wildman–Crippen LogP) is 18.0. The van der Waals surface area contributed by atoms with Gasteiger partial charge in [0.2, 0.25) is 11.8 Å². The minimum absolute atomic E-state index is 0.0151. The van der Waals surface area contributed by atoms with Gasteiger partial charge in [0, 0.05) is 95.8 Å². The summed E-state index contributed by atoms with van der Waals surface area (Å²) < 4.78 is 249. The lowest BCUT2D eigenvalue weighted by Gasteiger charge is -2.22. The molecule has 143 heavy (non-hydrogen) atoms. The Morgan fingerprint density at radius 1 is 0.413 bits per heavy atom. The molecule has 18 rings (SSSR count). The summed E-state index contributed by atoms with van der Waals surface area (Å²) in [5.74, 6) is 15.5. The highest BCUT2D eigenvalue weighted by atomic mass is 35.5. The van der Waals surface area contributed by atoms with Gasteiger partial charge in [-0.3, -0.25) is 18.9 Å². The number of benzene rings is 4. The number of nitrogens with one attached hydrogen (secondary N) is 4. The Hall–Kier alpha value is -15.1. The van der Waals surface area contributed by atoms with Crippen LogP contribution in [-0.2, 0) is 40.1 Å². The van der Waals surface area contributed by atoms with E-state index in [9.17, 15) is 88.5 Å². The van der Waals surface area contributed by atoms with Gasteiger partial charge in [-0.25, -0.2) is 98.0 Å². The van der Waals surface area contributed by atoms with Crippen molar-refractivity contribution in [3.8, 4) is 104 Å². The van der Waals surface area contributed by atoms with E-state index < -0.39 is 121 Å². The summed E-state index contributed by atoms with van der Waals surface area (Å²) in [4.78, 5) is 14.8. The van der Waals surface area contributed by atoms with Gasteiger partial charge in [0.25, 0.3) is 40.1 Å². The number of nitrogens with zero attached hydrogens (tertiary/aromatic N) is 12. The van der Waals surface area contributed by atoms with Gasteiger partial charge in [0.15, 0.2) is 10.3 Å². The van der Waals surface area contributed by atoms with Crippen molar-refractivity contribution in [1.29, 1.82) is 0 Å². The first-order valence-corrected chi connectivity index (χ1v) is 49.7. The van der Waals surface area contributed by atoms with Crippen molar-refractivity contribution in [2.45, 2.75) is 109 Å². The standard InChI is InChI=1S/C26H19ClF4N4O2S.C26H22ClFN4O3S.C24H20F2N4O4S.C23H18F2N4O4S/c27-25-23(34-38(36,37)21-8-6-20(28)7-9-21)12-19(14-32-25)17-10-11-35-24(13-17)18(15-33-35)5-4-16-2-1-3-22(16)26(29,30)31;27-26-23(31-36(34,35)22-9-7-21(28)8-10-22)13-20(15-29-26)18-11-12-32-24(14-18)19(16-30-32)6-5-17-3-1-2-4-25(17)33;1-24(2,31)8-6-16-14-28-30-9-7-15(11-21(16)30)17-10-20(23(34-3)27-13-17)29-35(32,33)22-5-4-18(25)12-19(22)26;1-14(30)3-4-16-13-27-29-8-7-15(10-21(16)29)17-9-20(23(33-2)26-12-17)28-34(31,32)22-6-5-18(24)11-19(22)25/h6-16,22,34H,1-3H2;7-17,25,31,33H,1-4H2;4-5,7,9-14,29,31H,1-3H3;5-14,28,30H,1-2H3. The summed E-state index contributed by atoms with van der Waals surface area (Å²) >= 11 is 12.3. The van der Waals surface area contributed by atoms with Crippen LogP contribution in [0, 0.1) is 100 Å². The van der Waals surface area contributed by atoms with Gasteiger partial charge in [-0.15, -0.1) is 0 Å². The SMILES string of the molecule is COc1ncc(-c2ccn3ncc(C#CC(C)(C)O)c3c2)cc1NS(=O)(=O)c1ccc(F)cc1F.COc1ncc(-c2ccn3ncc(C#CC(C)O)c3c2)cc1NS(=O)(=O)c1ccc(F)cc1F.O=S(=O)(Nc1cc(-c2ccn3ncc(C#CC4CCCC4C(F)(F)F)c3c2)cnc1Cl)c1ccc(F)cc1.O=S(=O)(Nc1cc(-c2ccn3ncc(C#CC4CCCCC4O)c3c2)cnc1Cl)c1ccc(F)cc1. The molecule has 0 saturated heterocycles. The van der Waals surface area contributed by atoms with Gasteiger partial charge >= 0.3 is 6.18 Å². The van der Waals surface area contributed by atoms with E-state index in [0.29, 0.717) is 97.2 Å². The topological polar surface area (TPSA) is 385 Å². The number of rotatable bonds is 18. The summed E-state index contributed by atoms with van der Waals surface area (Å²) in [6, 6.07) is 33.4. The van der Waals surface area contributed by atoms with E-state index in [-0.39, 0.29) is 66.9 Å². The average molecular weight is 2070 g/mol. The van der Waals surface area contributed by atoms with Crippen LogP contribution in [-0.4, -0.2) is 146 Å². The minimum atomic E-state index is -4.41. The van der Waals surface area contributed by atoms with E-state index in [1.54, 1.807) is 131 Å². The molecule has 4 aromatic carbocycles. The van der Waals surface area contributed by atoms with Crippen LogP contribution in [0.1, 0.15) is 88.0 Å². The number of methoxy groups -OCH3 is 2. The molecule has 0 bridgehead atoms. The number of alkyl halides is 3. The molecule has 12 aromatic heterocycles. The molecular formula is C99H79Cl2F9N16O13S4. The van der Waals surface area contributed by atoms with E-state index in [4.69, 9.17) is 32.7 Å².